The summed E-state index contributed by atoms with van der Waals surface area (Å²) in [7, 11) is 3.52. The summed E-state index contributed by atoms with van der Waals surface area (Å²) < 4.78 is 0.865. The molecule has 0 N–H and O–H groups in total. The van der Waals surface area contributed by atoms with Crippen LogP contribution in [0.4, 0.5) is 5.69 Å². The normalized spacial score (nSPS) is 10.5. The van der Waals surface area contributed by atoms with Gasteiger partial charge in [-0.15, -0.1) is 11.3 Å². The van der Waals surface area contributed by atoms with E-state index in [-0.39, 0.29) is 5.91 Å². The number of nitrogens with zero attached hydrogens (tertiary/aromatic N) is 2. The van der Waals surface area contributed by atoms with E-state index in [1.54, 1.807) is 19.0 Å². The average molecular weight is 427 g/mol. The smallest absolute Gasteiger partial charge is 0.263 e. The van der Waals surface area contributed by atoms with Crippen LogP contribution in [0, 0.1) is 6.92 Å². The highest BCUT2D eigenvalue weighted by Gasteiger charge is 2.21. The minimum Gasteiger partial charge on any atom is -0.344 e. The molecule has 0 saturated carbocycles. The molecule has 2 aromatic carbocycles. The number of amides is 1. The predicted molar refractivity (Wildman–Crippen MR) is 113 cm³/mol. The fourth-order valence-electron chi connectivity index (χ4n) is 2.60. The molecule has 26 heavy (non-hydrogen) atoms. The molecule has 0 atom stereocenters. The monoisotopic (exact) mass is 426 g/mol. The van der Waals surface area contributed by atoms with Gasteiger partial charge in [-0.2, -0.15) is 0 Å². The molecule has 0 unspecified atom stereocenters. The first-order valence-electron chi connectivity index (χ1n) is 8.19. The van der Waals surface area contributed by atoms with Crippen molar-refractivity contribution < 1.29 is 4.79 Å². The van der Waals surface area contributed by atoms with E-state index in [4.69, 9.17) is 4.99 Å². The maximum atomic E-state index is 12.4. The van der Waals surface area contributed by atoms with Gasteiger partial charge in [0, 0.05) is 25.2 Å². The Bertz CT molecular complexity index is 905. The Morgan fingerprint density at radius 3 is 1.92 bits per heavy atom. The number of hydrogen-bond acceptors (Lipinski definition) is 3. The van der Waals surface area contributed by atoms with Crippen molar-refractivity contribution in [3.05, 3.63) is 86.0 Å². The molecule has 0 spiro atoms. The van der Waals surface area contributed by atoms with Crippen molar-refractivity contribution in [2.24, 2.45) is 4.99 Å². The summed E-state index contributed by atoms with van der Waals surface area (Å²) in [4.78, 5) is 19.7. The Morgan fingerprint density at radius 2 is 1.46 bits per heavy atom. The quantitative estimate of drug-likeness (QED) is 0.493. The first-order valence-corrected chi connectivity index (χ1v) is 9.80. The standard InChI is InChI=1S/C21H19BrN2OS/c1-14-17(20(22)26-19(14)21(25)24(2)3)23-18(15-10-6-4-7-11-15)16-12-8-5-9-13-16/h4-13H,1-3H3. The second-order valence-electron chi connectivity index (χ2n) is 6.07. The number of aliphatic imine (C=N–C) groups is 1. The number of hydrogen-bond donors (Lipinski definition) is 0. The lowest BCUT2D eigenvalue weighted by atomic mass is 10.0. The largest absolute Gasteiger partial charge is 0.344 e. The number of halogens is 1. The maximum Gasteiger partial charge on any atom is 0.263 e. The Hall–Kier alpha value is -2.24. The van der Waals surface area contributed by atoms with Gasteiger partial charge in [-0.1, -0.05) is 60.7 Å². The van der Waals surface area contributed by atoms with Crippen molar-refractivity contribution >= 4 is 44.6 Å². The Morgan fingerprint density at radius 1 is 0.962 bits per heavy atom. The molecule has 1 amide bonds. The molecule has 0 saturated heterocycles. The number of benzene rings is 2. The van der Waals surface area contributed by atoms with Crippen molar-refractivity contribution in [2.75, 3.05) is 14.1 Å². The Labute approximate surface area is 166 Å². The molecule has 0 aliphatic heterocycles. The maximum absolute atomic E-state index is 12.4. The zero-order valence-electron chi connectivity index (χ0n) is 14.9. The minimum absolute atomic E-state index is 0.00405. The van der Waals surface area contributed by atoms with Gasteiger partial charge in [-0.05, 0) is 28.4 Å². The molecule has 1 heterocycles. The van der Waals surface area contributed by atoms with Gasteiger partial charge in [0.1, 0.15) is 0 Å². The summed E-state index contributed by atoms with van der Waals surface area (Å²) in [5, 5.41) is 0. The van der Waals surface area contributed by atoms with Crippen LogP contribution in [0.15, 0.2) is 69.4 Å². The molecular weight excluding hydrogens is 408 g/mol. The van der Waals surface area contributed by atoms with Crippen LogP contribution in [-0.2, 0) is 0 Å². The lowest BCUT2D eigenvalue weighted by molar-refractivity contribution is 0.0831. The third-order valence-corrected chi connectivity index (χ3v) is 5.91. The number of carbonyl (C=O) groups excluding carboxylic acids is 1. The second kappa shape index (κ2) is 7.98. The van der Waals surface area contributed by atoms with E-state index in [0.717, 1.165) is 31.9 Å². The van der Waals surface area contributed by atoms with Gasteiger partial charge >= 0.3 is 0 Å². The van der Waals surface area contributed by atoms with Crippen LogP contribution in [0.1, 0.15) is 26.4 Å². The molecule has 0 radical (unpaired) electrons. The molecule has 0 fully saturated rings. The summed E-state index contributed by atoms with van der Waals surface area (Å²) in [5.74, 6) is -0.00405. The first kappa shape index (κ1) is 18.5. The van der Waals surface area contributed by atoms with Gasteiger partial charge in [0.05, 0.1) is 20.1 Å². The van der Waals surface area contributed by atoms with Gasteiger partial charge in [-0.3, -0.25) is 4.79 Å². The third-order valence-electron chi connectivity index (χ3n) is 3.99. The van der Waals surface area contributed by atoms with E-state index in [9.17, 15) is 4.79 Å². The lowest BCUT2D eigenvalue weighted by Gasteiger charge is -2.10. The van der Waals surface area contributed by atoms with Crippen molar-refractivity contribution in [1.29, 1.82) is 0 Å². The second-order valence-corrected chi connectivity index (χ2v) is 8.41. The van der Waals surface area contributed by atoms with Crippen LogP contribution in [0.25, 0.3) is 0 Å². The van der Waals surface area contributed by atoms with E-state index < -0.39 is 0 Å². The van der Waals surface area contributed by atoms with Crippen molar-refractivity contribution in [3.8, 4) is 0 Å². The number of carbonyl (C=O) groups is 1. The molecule has 3 rings (SSSR count). The summed E-state index contributed by atoms with van der Waals surface area (Å²) >= 11 is 5.03. The highest BCUT2D eigenvalue weighted by Crippen LogP contribution is 2.40. The molecule has 132 valence electrons. The van der Waals surface area contributed by atoms with Crippen LogP contribution in [0.2, 0.25) is 0 Å². The van der Waals surface area contributed by atoms with E-state index in [2.05, 4.69) is 15.9 Å². The van der Waals surface area contributed by atoms with E-state index >= 15 is 0 Å². The van der Waals surface area contributed by atoms with E-state index in [0.29, 0.717) is 4.88 Å². The summed E-state index contributed by atoms with van der Waals surface area (Å²) in [6, 6.07) is 20.2. The van der Waals surface area contributed by atoms with Crippen LogP contribution in [-0.4, -0.2) is 30.6 Å². The van der Waals surface area contributed by atoms with E-state index in [1.807, 2.05) is 67.6 Å². The highest BCUT2D eigenvalue weighted by molar-refractivity contribution is 9.11. The van der Waals surface area contributed by atoms with Gasteiger partial charge < -0.3 is 4.90 Å². The zero-order valence-corrected chi connectivity index (χ0v) is 17.3. The molecule has 3 nitrogen and oxygen atoms in total. The predicted octanol–water partition coefficient (Wildman–Crippen LogP) is 5.69. The minimum atomic E-state index is -0.00405. The van der Waals surface area contributed by atoms with Gasteiger partial charge in [0.15, 0.2) is 0 Å². The third kappa shape index (κ3) is 3.79. The molecular formula is C21H19BrN2OS. The summed E-state index contributed by atoms with van der Waals surface area (Å²) in [5.41, 5.74) is 4.66. The molecule has 1 aromatic heterocycles. The van der Waals surface area contributed by atoms with Gasteiger partial charge in [0.25, 0.3) is 5.91 Å². The van der Waals surface area contributed by atoms with Crippen LogP contribution >= 0.6 is 27.3 Å². The molecule has 3 aromatic rings. The first-order chi connectivity index (χ1) is 12.5. The fourth-order valence-corrected chi connectivity index (χ4v) is 4.47. The molecule has 5 heteroatoms. The average Bonchev–Trinajstić information content (AvgIpc) is 2.94. The summed E-state index contributed by atoms with van der Waals surface area (Å²) in [6.07, 6.45) is 0. The van der Waals surface area contributed by atoms with Crippen molar-refractivity contribution in [2.45, 2.75) is 6.92 Å². The van der Waals surface area contributed by atoms with Crippen LogP contribution in [0.3, 0.4) is 0 Å². The molecule has 0 aliphatic carbocycles. The zero-order chi connectivity index (χ0) is 18.7. The lowest BCUT2D eigenvalue weighted by Crippen LogP contribution is -2.21. The molecule has 0 aliphatic rings. The Kier molecular flexibility index (Phi) is 5.69. The summed E-state index contributed by atoms with van der Waals surface area (Å²) in [6.45, 7) is 1.95. The van der Waals surface area contributed by atoms with Crippen LogP contribution < -0.4 is 0 Å². The number of rotatable bonds is 4. The van der Waals surface area contributed by atoms with Crippen molar-refractivity contribution in [3.63, 3.8) is 0 Å². The Balaban J connectivity index is 2.17. The van der Waals surface area contributed by atoms with Gasteiger partial charge in [0.2, 0.25) is 0 Å². The van der Waals surface area contributed by atoms with E-state index in [1.165, 1.54) is 11.3 Å². The topological polar surface area (TPSA) is 32.7 Å². The van der Waals surface area contributed by atoms with Crippen molar-refractivity contribution in [1.82, 2.24) is 4.90 Å². The molecule has 0 bridgehead atoms. The SMILES string of the molecule is Cc1c(C(=O)N(C)C)sc(Br)c1N=C(c1ccccc1)c1ccccc1. The highest BCUT2D eigenvalue weighted by atomic mass is 79.9. The van der Waals surface area contributed by atoms with Gasteiger partial charge in [-0.25, -0.2) is 4.99 Å². The fraction of sp³-hybridized carbons (Fsp3) is 0.143. The number of thiophene rings is 1. The van der Waals surface area contributed by atoms with Crippen LogP contribution in [0.5, 0.6) is 0 Å².